The Balaban J connectivity index is 2.95. The minimum atomic E-state index is -0.946. The van der Waals surface area contributed by atoms with E-state index in [1.54, 1.807) is 6.92 Å². The van der Waals surface area contributed by atoms with Gasteiger partial charge in [-0.3, -0.25) is 0 Å². The lowest BCUT2D eigenvalue weighted by atomic mass is 9.86. The van der Waals surface area contributed by atoms with Crippen LogP contribution in [0.25, 0.3) is 6.08 Å². The Morgan fingerprint density at radius 2 is 1.88 bits per heavy atom. The van der Waals surface area contributed by atoms with E-state index in [0.29, 0.717) is 17.9 Å². The zero-order valence-corrected chi connectivity index (χ0v) is 10.9. The Labute approximate surface area is 104 Å². The summed E-state index contributed by atoms with van der Waals surface area (Å²) in [6.45, 7) is 5.77. The highest BCUT2D eigenvalue weighted by molar-refractivity contribution is 5.55. The highest BCUT2D eigenvalue weighted by atomic mass is 16.3. The summed E-state index contributed by atoms with van der Waals surface area (Å²) in [4.78, 5) is 0. The molecule has 1 aromatic rings. The number of hydrogen-bond acceptors (Lipinski definition) is 2. The smallest absolute Gasteiger partial charge is 0.0856 e. The maximum absolute atomic E-state index is 10.4. The van der Waals surface area contributed by atoms with Crippen LogP contribution >= 0.6 is 0 Å². The molecule has 0 spiro atoms. The van der Waals surface area contributed by atoms with E-state index in [9.17, 15) is 10.2 Å². The molecule has 0 saturated heterocycles. The van der Waals surface area contributed by atoms with Crippen molar-refractivity contribution in [2.24, 2.45) is 5.92 Å². The minimum absolute atomic E-state index is 0.116. The van der Waals surface area contributed by atoms with Crippen molar-refractivity contribution in [3.63, 3.8) is 0 Å². The lowest BCUT2D eigenvalue weighted by Gasteiger charge is -2.27. The van der Waals surface area contributed by atoms with Crippen molar-refractivity contribution in [3.8, 4) is 0 Å². The van der Waals surface area contributed by atoms with E-state index >= 15 is 0 Å². The van der Waals surface area contributed by atoms with Crippen LogP contribution in [0, 0.1) is 5.92 Å². The molecule has 94 valence electrons. The second-order valence-corrected chi connectivity index (χ2v) is 5.11. The van der Waals surface area contributed by atoms with Crippen LogP contribution in [-0.4, -0.2) is 22.4 Å². The first kappa shape index (κ1) is 13.9. The Bertz CT molecular complexity index is 364. The standard InChI is InChI=1S/C15H22O2/c1-12(2)10-15(3,17)14(11-16)9-13-7-5-4-6-8-13/h4-9,12,16-17H,10-11H2,1-3H3/b14-9+/t15-/m1/s1. The van der Waals surface area contributed by atoms with Crippen molar-refractivity contribution >= 4 is 6.08 Å². The molecule has 2 heteroatoms. The van der Waals surface area contributed by atoms with Crippen LogP contribution in [0.1, 0.15) is 32.8 Å². The largest absolute Gasteiger partial charge is 0.392 e. The van der Waals surface area contributed by atoms with Gasteiger partial charge in [-0.25, -0.2) is 0 Å². The highest BCUT2D eigenvalue weighted by Crippen LogP contribution is 2.26. The van der Waals surface area contributed by atoms with Gasteiger partial charge >= 0.3 is 0 Å². The maximum Gasteiger partial charge on any atom is 0.0856 e. The van der Waals surface area contributed by atoms with Crippen LogP contribution in [0.4, 0.5) is 0 Å². The van der Waals surface area contributed by atoms with E-state index in [0.717, 1.165) is 5.56 Å². The summed E-state index contributed by atoms with van der Waals surface area (Å²) in [5.41, 5.74) is 0.719. The van der Waals surface area contributed by atoms with Crippen LogP contribution in [0.2, 0.25) is 0 Å². The lowest BCUT2D eigenvalue weighted by molar-refractivity contribution is 0.0648. The number of hydrogen-bond donors (Lipinski definition) is 2. The van der Waals surface area contributed by atoms with Gasteiger partial charge in [0.1, 0.15) is 0 Å². The normalized spacial score (nSPS) is 16.0. The first-order valence-electron chi connectivity index (χ1n) is 6.05. The van der Waals surface area contributed by atoms with Crippen LogP contribution in [0.5, 0.6) is 0 Å². The summed E-state index contributed by atoms with van der Waals surface area (Å²) in [7, 11) is 0. The van der Waals surface area contributed by atoms with Gasteiger partial charge in [0.05, 0.1) is 12.2 Å². The number of aliphatic hydroxyl groups is 2. The SMILES string of the molecule is CC(C)C[C@@](C)(O)/C(=C/c1ccccc1)CO. The fourth-order valence-electron chi connectivity index (χ4n) is 2.05. The first-order valence-corrected chi connectivity index (χ1v) is 6.05. The molecule has 0 heterocycles. The zero-order chi connectivity index (χ0) is 12.9. The van der Waals surface area contributed by atoms with Crippen molar-refractivity contribution in [2.45, 2.75) is 32.8 Å². The number of aliphatic hydroxyl groups excluding tert-OH is 1. The minimum Gasteiger partial charge on any atom is -0.392 e. The Morgan fingerprint density at radius 3 is 2.35 bits per heavy atom. The van der Waals surface area contributed by atoms with Gasteiger partial charge in [0, 0.05) is 0 Å². The van der Waals surface area contributed by atoms with E-state index < -0.39 is 5.60 Å². The van der Waals surface area contributed by atoms with Gasteiger partial charge in [-0.2, -0.15) is 0 Å². The molecule has 1 rings (SSSR count). The van der Waals surface area contributed by atoms with Crippen molar-refractivity contribution in [3.05, 3.63) is 41.5 Å². The average molecular weight is 234 g/mol. The average Bonchev–Trinajstić information content (AvgIpc) is 2.25. The van der Waals surface area contributed by atoms with Crippen molar-refractivity contribution in [1.29, 1.82) is 0 Å². The second-order valence-electron chi connectivity index (χ2n) is 5.11. The zero-order valence-electron chi connectivity index (χ0n) is 10.9. The molecule has 0 aliphatic carbocycles. The monoisotopic (exact) mass is 234 g/mol. The molecule has 0 bridgehead atoms. The summed E-state index contributed by atoms with van der Waals surface area (Å²) in [5.74, 6) is 0.385. The molecule has 1 atom stereocenters. The molecule has 2 nitrogen and oxygen atoms in total. The number of rotatable bonds is 5. The van der Waals surface area contributed by atoms with E-state index in [2.05, 4.69) is 13.8 Å². The molecular formula is C15H22O2. The molecule has 0 aromatic heterocycles. The molecule has 17 heavy (non-hydrogen) atoms. The van der Waals surface area contributed by atoms with Gasteiger partial charge in [0.15, 0.2) is 0 Å². The molecule has 0 radical (unpaired) electrons. The number of benzene rings is 1. The van der Waals surface area contributed by atoms with Gasteiger partial charge in [-0.15, -0.1) is 0 Å². The van der Waals surface area contributed by atoms with E-state index in [1.807, 2.05) is 36.4 Å². The van der Waals surface area contributed by atoms with Crippen molar-refractivity contribution in [1.82, 2.24) is 0 Å². The van der Waals surface area contributed by atoms with E-state index in [4.69, 9.17) is 0 Å². The molecule has 2 N–H and O–H groups in total. The Hall–Kier alpha value is -1.12. The summed E-state index contributed by atoms with van der Waals surface area (Å²) >= 11 is 0. The van der Waals surface area contributed by atoms with Crippen LogP contribution in [0.3, 0.4) is 0 Å². The van der Waals surface area contributed by atoms with Crippen LogP contribution in [-0.2, 0) is 0 Å². The molecule has 0 amide bonds. The summed E-state index contributed by atoms with van der Waals surface area (Å²) in [6, 6.07) is 9.75. The van der Waals surface area contributed by atoms with Gasteiger partial charge in [-0.05, 0) is 30.4 Å². The topological polar surface area (TPSA) is 40.5 Å². The summed E-state index contributed by atoms with van der Waals surface area (Å²) < 4.78 is 0. The van der Waals surface area contributed by atoms with E-state index in [1.165, 1.54) is 0 Å². The first-order chi connectivity index (χ1) is 7.95. The fraction of sp³-hybridized carbons (Fsp3) is 0.467. The predicted molar refractivity (Wildman–Crippen MR) is 71.6 cm³/mol. The summed E-state index contributed by atoms with van der Waals surface area (Å²) in [5, 5.41) is 19.8. The fourth-order valence-corrected chi connectivity index (χ4v) is 2.05. The van der Waals surface area contributed by atoms with Gasteiger partial charge in [0.25, 0.3) is 0 Å². The third-order valence-electron chi connectivity index (χ3n) is 2.81. The summed E-state index contributed by atoms with van der Waals surface area (Å²) in [6.07, 6.45) is 2.51. The Kier molecular flexibility index (Phi) is 4.91. The molecule has 1 aromatic carbocycles. The third kappa shape index (κ3) is 4.33. The Morgan fingerprint density at radius 1 is 1.29 bits per heavy atom. The predicted octanol–water partition coefficient (Wildman–Crippen LogP) is 2.86. The van der Waals surface area contributed by atoms with Crippen LogP contribution in [0.15, 0.2) is 35.9 Å². The van der Waals surface area contributed by atoms with Crippen molar-refractivity contribution in [2.75, 3.05) is 6.61 Å². The molecule has 0 aliphatic rings. The van der Waals surface area contributed by atoms with Crippen molar-refractivity contribution < 1.29 is 10.2 Å². The molecule has 0 saturated carbocycles. The molecule has 0 fully saturated rings. The lowest BCUT2D eigenvalue weighted by Crippen LogP contribution is -2.30. The molecule has 0 aliphatic heterocycles. The van der Waals surface area contributed by atoms with E-state index in [-0.39, 0.29) is 6.61 Å². The van der Waals surface area contributed by atoms with Crippen LogP contribution < -0.4 is 0 Å². The third-order valence-corrected chi connectivity index (χ3v) is 2.81. The quantitative estimate of drug-likeness (QED) is 0.822. The molecule has 0 unspecified atom stereocenters. The second kappa shape index (κ2) is 5.99. The highest BCUT2D eigenvalue weighted by Gasteiger charge is 2.26. The van der Waals surface area contributed by atoms with Gasteiger partial charge in [-0.1, -0.05) is 50.3 Å². The molecular weight excluding hydrogens is 212 g/mol. The van der Waals surface area contributed by atoms with Gasteiger partial charge < -0.3 is 10.2 Å². The maximum atomic E-state index is 10.4. The van der Waals surface area contributed by atoms with Gasteiger partial charge in [0.2, 0.25) is 0 Å².